The van der Waals surface area contributed by atoms with Gasteiger partial charge in [0.25, 0.3) is 0 Å². The third-order valence-electron chi connectivity index (χ3n) is 2.11. The van der Waals surface area contributed by atoms with E-state index >= 15 is 0 Å². The van der Waals surface area contributed by atoms with E-state index in [1.807, 2.05) is 31.2 Å². The van der Waals surface area contributed by atoms with Gasteiger partial charge < -0.3 is 9.47 Å². The highest BCUT2D eigenvalue weighted by atomic mass is 16.5. The third kappa shape index (κ3) is 4.74. The fourth-order valence-corrected chi connectivity index (χ4v) is 1.23. The van der Waals surface area contributed by atoms with E-state index in [0.717, 1.165) is 10.8 Å². The van der Waals surface area contributed by atoms with Crippen molar-refractivity contribution >= 4 is 5.91 Å². The number of nitrogens with two attached hydrogens (primary N) is 1. The summed E-state index contributed by atoms with van der Waals surface area (Å²) in [6, 6.07) is 7.27. The second-order valence-electron chi connectivity index (χ2n) is 3.51. The maximum Gasteiger partial charge on any atom is 0.239 e. The van der Waals surface area contributed by atoms with Crippen LogP contribution in [0.3, 0.4) is 0 Å². The van der Waals surface area contributed by atoms with Crippen LogP contribution in [0.1, 0.15) is 13.3 Å². The van der Waals surface area contributed by atoms with E-state index in [9.17, 15) is 4.79 Å². The molecule has 1 aromatic carbocycles. The molecule has 0 aliphatic carbocycles. The molecule has 0 bridgehead atoms. The Kier molecular flexibility index (Phi) is 5.29. The van der Waals surface area contributed by atoms with Crippen LogP contribution < -0.4 is 15.3 Å². The zero-order valence-corrected chi connectivity index (χ0v) is 10.2. The number of amides is 1. The van der Waals surface area contributed by atoms with Crippen LogP contribution in [0, 0.1) is 0 Å². The van der Waals surface area contributed by atoms with E-state index < -0.39 is 0 Å². The van der Waals surface area contributed by atoms with Crippen molar-refractivity contribution in [1.82, 2.24) is 5.01 Å². The zero-order valence-electron chi connectivity index (χ0n) is 10.2. The summed E-state index contributed by atoms with van der Waals surface area (Å²) >= 11 is 0. The fraction of sp³-hybridized carbons (Fsp3) is 0.417. The molecule has 1 rings (SSSR count). The summed E-state index contributed by atoms with van der Waals surface area (Å²) in [5.74, 6) is 6.64. The van der Waals surface area contributed by atoms with Gasteiger partial charge in [0.1, 0.15) is 11.5 Å². The summed E-state index contributed by atoms with van der Waals surface area (Å²) in [5, 5.41) is 1.06. The predicted molar refractivity (Wildman–Crippen MR) is 64.7 cm³/mol. The van der Waals surface area contributed by atoms with Gasteiger partial charge in [0.05, 0.1) is 19.6 Å². The normalized spacial score (nSPS) is 9.82. The minimum absolute atomic E-state index is 0.157. The van der Waals surface area contributed by atoms with Crippen LogP contribution in [0.2, 0.25) is 0 Å². The molecule has 0 atom stereocenters. The molecular weight excluding hydrogens is 220 g/mol. The molecule has 0 fully saturated rings. The van der Waals surface area contributed by atoms with Gasteiger partial charge in [0.15, 0.2) is 0 Å². The molecule has 2 N–H and O–H groups in total. The first kappa shape index (κ1) is 13.3. The Balaban J connectivity index is 2.34. The highest BCUT2D eigenvalue weighted by molar-refractivity contribution is 5.75. The highest BCUT2D eigenvalue weighted by Crippen LogP contribution is 2.17. The SMILES string of the molecule is CCOc1ccc(OCCC(=O)N(C)N)cc1. The first-order valence-corrected chi connectivity index (χ1v) is 5.50. The predicted octanol–water partition coefficient (Wildman–Crippen LogP) is 1.19. The van der Waals surface area contributed by atoms with E-state index in [-0.39, 0.29) is 12.3 Å². The van der Waals surface area contributed by atoms with Gasteiger partial charge in [0.2, 0.25) is 5.91 Å². The number of carbonyl (C=O) groups excluding carboxylic acids is 1. The molecule has 0 spiro atoms. The van der Waals surface area contributed by atoms with Crippen molar-refractivity contribution in [3.8, 4) is 11.5 Å². The number of rotatable bonds is 6. The Morgan fingerprint density at radius 1 is 1.24 bits per heavy atom. The molecule has 0 saturated carbocycles. The Morgan fingerprint density at radius 3 is 2.24 bits per heavy atom. The van der Waals surface area contributed by atoms with Crippen LogP contribution in [0.15, 0.2) is 24.3 Å². The van der Waals surface area contributed by atoms with E-state index in [0.29, 0.717) is 19.0 Å². The molecule has 5 heteroatoms. The van der Waals surface area contributed by atoms with Gasteiger partial charge in [-0.3, -0.25) is 9.80 Å². The van der Waals surface area contributed by atoms with Gasteiger partial charge >= 0.3 is 0 Å². The lowest BCUT2D eigenvalue weighted by atomic mass is 10.3. The number of carbonyl (C=O) groups is 1. The molecule has 1 aromatic rings. The van der Waals surface area contributed by atoms with Crippen LogP contribution in [-0.4, -0.2) is 31.2 Å². The summed E-state index contributed by atoms with van der Waals surface area (Å²) in [6.07, 6.45) is 0.264. The van der Waals surface area contributed by atoms with Crippen LogP contribution in [0.4, 0.5) is 0 Å². The van der Waals surface area contributed by atoms with E-state index in [2.05, 4.69) is 0 Å². The lowest BCUT2D eigenvalue weighted by Gasteiger charge is -2.10. The zero-order chi connectivity index (χ0) is 12.7. The number of hydrogen-bond acceptors (Lipinski definition) is 4. The number of ether oxygens (including phenoxy) is 2. The van der Waals surface area contributed by atoms with Gasteiger partial charge in [-0.1, -0.05) is 0 Å². The van der Waals surface area contributed by atoms with Gasteiger partial charge in [-0.2, -0.15) is 0 Å². The molecule has 5 nitrogen and oxygen atoms in total. The molecule has 0 unspecified atom stereocenters. The lowest BCUT2D eigenvalue weighted by Crippen LogP contribution is -2.33. The highest BCUT2D eigenvalue weighted by Gasteiger charge is 2.04. The monoisotopic (exact) mass is 238 g/mol. The topological polar surface area (TPSA) is 64.8 Å². The summed E-state index contributed by atoms with van der Waals surface area (Å²) in [5.41, 5.74) is 0. The van der Waals surface area contributed by atoms with Crippen molar-refractivity contribution in [3.63, 3.8) is 0 Å². The average Bonchev–Trinajstić information content (AvgIpc) is 2.31. The molecule has 1 amide bonds. The summed E-state index contributed by atoms with van der Waals surface area (Å²) < 4.78 is 10.7. The summed E-state index contributed by atoms with van der Waals surface area (Å²) in [4.78, 5) is 11.2. The van der Waals surface area contributed by atoms with Crippen molar-refractivity contribution in [2.24, 2.45) is 5.84 Å². The lowest BCUT2D eigenvalue weighted by molar-refractivity contribution is -0.130. The number of benzene rings is 1. The van der Waals surface area contributed by atoms with Crippen LogP contribution in [0.25, 0.3) is 0 Å². The molecule has 0 aliphatic rings. The van der Waals surface area contributed by atoms with Crippen LogP contribution >= 0.6 is 0 Å². The molecule has 0 radical (unpaired) electrons. The van der Waals surface area contributed by atoms with Crippen LogP contribution in [-0.2, 0) is 4.79 Å². The Bertz CT molecular complexity index is 349. The maximum absolute atomic E-state index is 11.2. The van der Waals surface area contributed by atoms with Crippen molar-refractivity contribution in [2.45, 2.75) is 13.3 Å². The minimum atomic E-state index is -0.157. The molecule has 0 heterocycles. The smallest absolute Gasteiger partial charge is 0.239 e. The standard InChI is InChI=1S/C12H18N2O3/c1-3-16-10-4-6-11(7-5-10)17-9-8-12(15)14(2)13/h4-7H,3,8-9,13H2,1-2H3. The molecule has 94 valence electrons. The Labute approximate surface area is 101 Å². The number of nitrogens with zero attached hydrogens (tertiary/aromatic N) is 1. The Morgan fingerprint density at radius 2 is 1.76 bits per heavy atom. The van der Waals surface area contributed by atoms with Gasteiger partial charge in [-0.25, -0.2) is 5.84 Å². The van der Waals surface area contributed by atoms with Gasteiger partial charge in [-0.05, 0) is 31.2 Å². The first-order chi connectivity index (χ1) is 8.13. The maximum atomic E-state index is 11.2. The summed E-state index contributed by atoms with van der Waals surface area (Å²) in [6.45, 7) is 2.88. The van der Waals surface area contributed by atoms with Gasteiger partial charge in [-0.15, -0.1) is 0 Å². The second kappa shape index (κ2) is 6.75. The van der Waals surface area contributed by atoms with Crippen molar-refractivity contribution < 1.29 is 14.3 Å². The van der Waals surface area contributed by atoms with Crippen molar-refractivity contribution in [3.05, 3.63) is 24.3 Å². The van der Waals surface area contributed by atoms with E-state index in [1.165, 1.54) is 7.05 Å². The average molecular weight is 238 g/mol. The Hall–Kier alpha value is -1.75. The molecule has 17 heavy (non-hydrogen) atoms. The second-order valence-corrected chi connectivity index (χ2v) is 3.51. The quantitative estimate of drug-likeness (QED) is 0.459. The van der Waals surface area contributed by atoms with Crippen LogP contribution in [0.5, 0.6) is 11.5 Å². The van der Waals surface area contributed by atoms with Crippen molar-refractivity contribution in [1.29, 1.82) is 0 Å². The summed E-state index contributed by atoms with van der Waals surface area (Å²) in [7, 11) is 1.51. The molecule has 0 aromatic heterocycles. The molecule has 0 aliphatic heterocycles. The number of hydrazine groups is 1. The minimum Gasteiger partial charge on any atom is -0.494 e. The molecular formula is C12H18N2O3. The fourth-order valence-electron chi connectivity index (χ4n) is 1.23. The largest absolute Gasteiger partial charge is 0.494 e. The van der Waals surface area contributed by atoms with E-state index in [1.54, 1.807) is 0 Å². The van der Waals surface area contributed by atoms with Gasteiger partial charge in [0, 0.05) is 7.05 Å². The third-order valence-corrected chi connectivity index (χ3v) is 2.11. The first-order valence-electron chi connectivity index (χ1n) is 5.50. The van der Waals surface area contributed by atoms with E-state index in [4.69, 9.17) is 15.3 Å². The number of hydrogen-bond donors (Lipinski definition) is 1. The molecule has 0 saturated heterocycles. The van der Waals surface area contributed by atoms with Crippen molar-refractivity contribution in [2.75, 3.05) is 20.3 Å².